The van der Waals surface area contributed by atoms with Crippen LogP contribution in [0.1, 0.15) is 85.8 Å². The van der Waals surface area contributed by atoms with E-state index in [2.05, 4.69) is 79.0 Å². The second kappa shape index (κ2) is 16.0. The number of carboxylic acid groups (broad SMARTS) is 1. The number of piperidine rings is 1. The highest BCUT2D eigenvalue weighted by Crippen LogP contribution is 2.36. The van der Waals surface area contributed by atoms with Crippen LogP contribution in [0.5, 0.6) is 5.75 Å². The van der Waals surface area contributed by atoms with Crippen LogP contribution in [0.4, 0.5) is 24.8 Å². The average Bonchev–Trinajstić information content (AvgIpc) is 3.06. The molecule has 0 unspecified atom stereocenters. The van der Waals surface area contributed by atoms with Crippen molar-refractivity contribution in [1.29, 1.82) is 0 Å². The van der Waals surface area contributed by atoms with Gasteiger partial charge >= 0.3 is 12.1 Å². The SMILES string of the molecule is Cc1cc(CN(Cc2cc(N3CCC(C)CC3)ccc2-c2cc(C(C)C)ccc2C)c2ncc(OCCCC(=O)O)cn2)cc(C(F)(F)F)c1. The van der Waals surface area contributed by atoms with Gasteiger partial charge in [-0.15, -0.1) is 0 Å². The normalized spacial score (nSPS) is 13.9. The third-order valence-electron chi connectivity index (χ3n) is 9.36. The van der Waals surface area contributed by atoms with E-state index < -0.39 is 17.7 Å². The maximum atomic E-state index is 13.9. The molecule has 4 aromatic rings. The minimum Gasteiger partial charge on any atom is -0.490 e. The molecule has 3 aromatic carbocycles. The number of carbonyl (C=O) groups is 1. The number of halogens is 3. The molecule has 1 saturated heterocycles. The van der Waals surface area contributed by atoms with Crippen molar-refractivity contribution < 1.29 is 27.8 Å². The zero-order chi connectivity index (χ0) is 36.0. The van der Waals surface area contributed by atoms with Crippen LogP contribution in [0.2, 0.25) is 0 Å². The molecule has 0 aliphatic carbocycles. The van der Waals surface area contributed by atoms with Gasteiger partial charge in [-0.3, -0.25) is 4.79 Å². The number of aliphatic carboxylic acids is 1. The third kappa shape index (κ3) is 9.55. The zero-order valence-corrected chi connectivity index (χ0v) is 29.6. The van der Waals surface area contributed by atoms with Gasteiger partial charge in [-0.25, -0.2) is 9.97 Å². The lowest BCUT2D eigenvalue weighted by Gasteiger charge is -2.33. The topological polar surface area (TPSA) is 78.8 Å². The van der Waals surface area contributed by atoms with Crippen LogP contribution in [0, 0.1) is 19.8 Å². The Balaban J connectivity index is 1.57. The molecular formula is C40H47F3N4O3. The lowest BCUT2D eigenvalue weighted by molar-refractivity contribution is -0.138. The van der Waals surface area contributed by atoms with Gasteiger partial charge in [0.25, 0.3) is 0 Å². The van der Waals surface area contributed by atoms with Crippen molar-refractivity contribution in [3.05, 3.63) is 100 Å². The second-order valence-electron chi connectivity index (χ2n) is 13.9. The van der Waals surface area contributed by atoms with Crippen LogP contribution in [0.3, 0.4) is 0 Å². The molecule has 1 fully saturated rings. The maximum Gasteiger partial charge on any atom is 0.416 e. The molecule has 0 radical (unpaired) electrons. The Kier molecular flexibility index (Phi) is 11.7. The number of rotatable bonds is 13. The lowest BCUT2D eigenvalue weighted by Crippen LogP contribution is -2.33. The van der Waals surface area contributed by atoms with E-state index in [1.165, 1.54) is 24.0 Å². The molecule has 2 heterocycles. The predicted octanol–water partition coefficient (Wildman–Crippen LogP) is 9.59. The van der Waals surface area contributed by atoms with Gasteiger partial charge in [0.1, 0.15) is 0 Å². The fourth-order valence-corrected chi connectivity index (χ4v) is 6.43. The van der Waals surface area contributed by atoms with Crippen LogP contribution in [0.25, 0.3) is 11.1 Å². The van der Waals surface area contributed by atoms with Crippen molar-refractivity contribution in [3.8, 4) is 16.9 Å². The van der Waals surface area contributed by atoms with Gasteiger partial charge in [0.05, 0.1) is 24.6 Å². The van der Waals surface area contributed by atoms with E-state index in [0.717, 1.165) is 59.9 Å². The van der Waals surface area contributed by atoms with Crippen molar-refractivity contribution in [1.82, 2.24) is 9.97 Å². The number of alkyl halides is 3. The number of anilines is 2. The van der Waals surface area contributed by atoms with Crippen LogP contribution < -0.4 is 14.5 Å². The Morgan fingerprint density at radius 1 is 0.980 bits per heavy atom. The molecule has 1 aliphatic rings. The summed E-state index contributed by atoms with van der Waals surface area (Å²) in [4.78, 5) is 24.4. The van der Waals surface area contributed by atoms with Crippen molar-refractivity contribution >= 4 is 17.6 Å². The first-order chi connectivity index (χ1) is 23.8. The highest BCUT2D eigenvalue weighted by molar-refractivity contribution is 5.74. The smallest absolute Gasteiger partial charge is 0.416 e. The summed E-state index contributed by atoms with van der Waals surface area (Å²) < 4.78 is 47.4. The van der Waals surface area contributed by atoms with Gasteiger partial charge in [-0.1, -0.05) is 56.7 Å². The molecule has 1 aliphatic heterocycles. The number of aromatic nitrogens is 2. The van der Waals surface area contributed by atoms with Crippen LogP contribution in [-0.4, -0.2) is 40.7 Å². The third-order valence-corrected chi connectivity index (χ3v) is 9.36. The van der Waals surface area contributed by atoms with E-state index in [-0.39, 0.29) is 19.6 Å². The number of hydrogen-bond donors (Lipinski definition) is 1. The number of aryl methyl sites for hydroxylation is 2. The predicted molar refractivity (Wildman–Crippen MR) is 192 cm³/mol. The summed E-state index contributed by atoms with van der Waals surface area (Å²) in [6.45, 7) is 13.0. The first kappa shape index (κ1) is 36.7. The summed E-state index contributed by atoms with van der Waals surface area (Å²) in [6, 6.07) is 17.3. The Morgan fingerprint density at radius 2 is 1.70 bits per heavy atom. The first-order valence-electron chi connectivity index (χ1n) is 17.3. The largest absolute Gasteiger partial charge is 0.490 e. The van der Waals surface area contributed by atoms with E-state index in [4.69, 9.17) is 9.84 Å². The molecule has 1 N–H and O–H groups in total. The number of ether oxygens (including phenoxy) is 1. The number of benzene rings is 3. The van der Waals surface area contributed by atoms with E-state index >= 15 is 0 Å². The van der Waals surface area contributed by atoms with Crippen molar-refractivity contribution in [2.24, 2.45) is 5.92 Å². The van der Waals surface area contributed by atoms with Gasteiger partial charge in [-0.05, 0) is 103 Å². The molecular weight excluding hydrogens is 641 g/mol. The highest BCUT2D eigenvalue weighted by Gasteiger charge is 2.31. The standard InChI is InChI=1S/C40H47F3N4O3/c1-26(2)31-9-8-29(5)37(21-31)36-11-10-34(46-14-12-27(3)13-15-46)20-32(36)25-47(24-30-17-28(4)18-33(19-30)40(41,42)43)39-44-22-35(23-45-39)50-16-6-7-38(48)49/h8-11,17-23,26-27H,6-7,12-16,24-25H2,1-5H3,(H,48,49). The van der Waals surface area contributed by atoms with Crippen LogP contribution >= 0.6 is 0 Å². The van der Waals surface area contributed by atoms with E-state index in [1.807, 2.05) is 4.90 Å². The molecule has 266 valence electrons. The van der Waals surface area contributed by atoms with Gasteiger partial charge in [0.15, 0.2) is 5.75 Å². The summed E-state index contributed by atoms with van der Waals surface area (Å²) in [5.41, 5.74) is 7.00. The van der Waals surface area contributed by atoms with E-state index in [0.29, 0.717) is 47.6 Å². The molecule has 0 amide bonds. The van der Waals surface area contributed by atoms with Gasteiger partial charge in [0, 0.05) is 38.3 Å². The van der Waals surface area contributed by atoms with Crippen LogP contribution in [-0.2, 0) is 24.1 Å². The minimum absolute atomic E-state index is 0.0134. The summed E-state index contributed by atoms with van der Waals surface area (Å²) in [5.74, 6) is 0.849. The van der Waals surface area contributed by atoms with Gasteiger partial charge in [0.2, 0.25) is 5.95 Å². The molecule has 7 nitrogen and oxygen atoms in total. The van der Waals surface area contributed by atoms with Crippen LogP contribution in [0.15, 0.2) is 67.0 Å². The molecule has 0 bridgehead atoms. The van der Waals surface area contributed by atoms with Gasteiger partial charge in [-0.2, -0.15) is 13.2 Å². The lowest BCUT2D eigenvalue weighted by atomic mass is 9.90. The highest BCUT2D eigenvalue weighted by atomic mass is 19.4. The summed E-state index contributed by atoms with van der Waals surface area (Å²) in [6.07, 6.45) is 1.13. The monoisotopic (exact) mass is 688 g/mol. The average molecular weight is 689 g/mol. The summed E-state index contributed by atoms with van der Waals surface area (Å²) in [7, 11) is 0. The number of nitrogens with zero attached hydrogens (tertiary/aromatic N) is 4. The summed E-state index contributed by atoms with van der Waals surface area (Å²) in [5, 5.41) is 8.93. The summed E-state index contributed by atoms with van der Waals surface area (Å²) >= 11 is 0. The van der Waals surface area contributed by atoms with Crippen molar-refractivity contribution in [2.45, 2.75) is 85.5 Å². The Labute approximate surface area is 293 Å². The zero-order valence-electron chi connectivity index (χ0n) is 29.6. The molecule has 0 saturated carbocycles. The molecule has 0 atom stereocenters. The number of carboxylic acids is 1. The first-order valence-corrected chi connectivity index (χ1v) is 17.3. The molecule has 1 aromatic heterocycles. The quantitative estimate of drug-likeness (QED) is 0.140. The number of hydrogen-bond acceptors (Lipinski definition) is 6. The van der Waals surface area contributed by atoms with E-state index in [1.54, 1.807) is 13.0 Å². The Morgan fingerprint density at radius 3 is 2.36 bits per heavy atom. The van der Waals surface area contributed by atoms with Gasteiger partial charge < -0.3 is 19.6 Å². The molecule has 10 heteroatoms. The fourth-order valence-electron chi connectivity index (χ4n) is 6.43. The fraction of sp³-hybridized carbons (Fsp3) is 0.425. The molecule has 5 rings (SSSR count). The second-order valence-corrected chi connectivity index (χ2v) is 13.9. The molecule has 50 heavy (non-hydrogen) atoms. The van der Waals surface area contributed by atoms with E-state index in [9.17, 15) is 18.0 Å². The molecule has 0 spiro atoms. The van der Waals surface area contributed by atoms with Crippen molar-refractivity contribution in [3.63, 3.8) is 0 Å². The maximum absolute atomic E-state index is 13.9. The minimum atomic E-state index is -4.48. The Bertz CT molecular complexity index is 1770. The Hall–Kier alpha value is -4.60. The van der Waals surface area contributed by atoms with Crippen molar-refractivity contribution in [2.75, 3.05) is 29.5 Å².